The molecule has 0 saturated heterocycles. The molecule has 0 bridgehead atoms. The zero-order chi connectivity index (χ0) is 14.4. The first kappa shape index (κ1) is 14.1. The summed E-state index contributed by atoms with van der Waals surface area (Å²) in [5, 5.41) is 9.42. The third-order valence-electron chi connectivity index (χ3n) is 3.02. The third-order valence-corrected chi connectivity index (χ3v) is 3.02. The Labute approximate surface area is 117 Å². The fourth-order valence-corrected chi connectivity index (χ4v) is 2.12. The highest BCUT2D eigenvalue weighted by atomic mass is 16.5. The molecular weight excluding hydrogens is 254 g/mol. The van der Waals surface area contributed by atoms with Crippen molar-refractivity contribution in [2.75, 3.05) is 6.61 Å². The van der Waals surface area contributed by atoms with Crippen LogP contribution in [0.3, 0.4) is 0 Å². The Hall–Kier alpha value is -2.28. The second-order valence-electron chi connectivity index (χ2n) is 4.61. The molecule has 0 atom stereocenters. The minimum atomic E-state index is -0.331. The van der Waals surface area contributed by atoms with E-state index in [9.17, 15) is 4.79 Å². The van der Waals surface area contributed by atoms with Gasteiger partial charge in [0.25, 0.3) is 0 Å². The van der Waals surface area contributed by atoms with Gasteiger partial charge in [-0.1, -0.05) is 13.3 Å². The van der Waals surface area contributed by atoms with E-state index in [0.717, 1.165) is 23.8 Å². The largest absolute Gasteiger partial charge is 0.493 e. The average molecular weight is 271 g/mol. The van der Waals surface area contributed by atoms with Crippen LogP contribution in [0.1, 0.15) is 31.7 Å². The summed E-state index contributed by atoms with van der Waals surface area (Å²) in [5.41, 5.74) is 1.23. The molecule has 0 spiro atoms. The molecule has 0 aliphatic heterocycles. The summed E-state index contributed by atoms with van der Waals surface area (Å²) in [7, 11) is 0. The van der Waals surface area contributed by atoms with Gasteiger partial charge in [-0.05, 0) is 30.5 Å². The van der Waals surface area contributed by atoms with E-state index in [1.165, 1.54) is 0 Å². The maximum atomic E-state index is 11.5. The molecule has 4 heteroatoms. The van der Waals surface area contributed by atoms with Gasteiger partial charge in [-0.2, -0.15) is 5.26 Å². The van der Waals surface area contributed by atoms with Crippen LogP contribution in [0.25, 0.3) is 11.0 Å². The molecule has 2 rings (SSSR count). The number of rotatable bonds is 6. The number of unbranched alkanes of at least 4 members (excludes halogenated alkanes) is 1. The maximum absolute atomic E-state index is 11.5. The van der Waals surface area contributed by atoms with E-state index < -0.39 is 0 Å². The molecule has 0 radical (unpaired) electrons. The number of ether oxygens (including phenoxy) is 1. The van der Waals surface area contributed by atoms with E-state index in [2.05, 4.69) is 13.0 Å². The second kappa shape index (κ2) is 6.76. The molecule has 1 heterocycles. The zero-order valence-electron chi connectivity index (χ0n) is 11.5. The van der Waals surface area contributed by atoms with Crippen LogP contribution in [0, 0.1) is 11.3 Å². The van der Waals surface area contributed by atoms with Crippen molar-refractivity contribution >= 4 is 11.0 Å². The molecule has 0 saturated carbocycles. The van der Waals surface area contributed by atoms with Gasteiger partial charge in [0.1, 0.15) is 11.3 Å². The quantitative estimate of drug-likeness (QED) is 0.596. The molecule has 2 aromatic rings. The number of nitrogens with zero attached hydrogens (tertiary/aromatic N) is 1. The van der Waals surface area contributed by atoms with Crippen molar-refractivity contribution in [1.82, 2.24) is 0 Å². The van der Waals surface area contributed by atoms with Crippen molar-refractivity contribution in [3.63, 3.8) is 0 Å². The van der Waals surface area contributed by atoms with Crippen molar-refractivity contribution < 1.29 is 9.15 Å². The van der Waals surface area contributed by atoms with Crippen LogP contribution >= 0.6 is 0 Å². The molecular formula is C16H17NO3. The van der Waals surface area contributed by atoms with Crippen LogP contribution in [-0.4, -0.2) is 6.61 Å². The normalized spacial score (nSPS) is 10.4. The second-order valence-corrected chi connectivity index (χ2v) is 4.61. The topological polar surface area (TPSA) is 63.2 Å². The van der Waals surface area contributed by atoms with Crippen molar-refractivity contribution in [2.24, 2.45) is 0 Å². The summed E-state index contributed by atoms with van der Waals surface area (Å²) in [6, 6.07) is 9.15. The van der Waals surface area contributed by atoms with E-state index in [4.69, 9.17) is 14.4 Å². The Kier molecular flexibility index (Phi) is 4.78. The smallest absolute Gasteiger partial charge is 0.336 e. The van der Waals surface area contributed by atoms with Gasteiger partial charge in [0.15, 0.2) is 0 Å². The fraction of sp³-hybridized carbons (Fsp3) is 0.375. The molecule has 0 aliphatic carbocycles. The van der Waals surface area contributed by atoms with Crippen molar-refractivity contribution in [3.05, 3.63) is 40.2 Å². The minimum absolute atomic E-state index is 0.331. The summed E-state index contributed by atoms with van der Waals surface area (Å²) >= 11 is 0. The number of hydrogen-bond acceptors (Lipinski definition) is 4. The summed E-state index contributed by atoms with van der Waals surface area (Å²) in [5.74, 6) is 0.659. The Morgan fingerprint density at radius 1 is 1.35 bits per heavy atom. The molecule has 1 aromatic carbocycles. The molecule has 4 nitrogen and oxygen atoms in total. The highest BCUT2D eigenvalue weighted by Gasteiger charge is 2.06. The van der Waals surface area contributed by atoms with Gasteiger partial charge >= 0.3 is 5.63 Å². The van der Waals surface area contributed by atoms with E-state index >= 15 is 0 Å². The van der Waals surface area contributed by atoms with Crippen LogP contribution in [0.4, 0.5) is 0 Å². The van der Waals surface area contributed by atoms with E-state index in [0.29, 0.717) is 30.8 Å². The highest BCUT2D eigenvalue weighted by molar-refractivity contribution is 5.81. The molecule has 20 heavy (non-hydrogen) atoms. The SMILES string of the molecule is CCCc1cc(=O)oc2cc(OCCCC#N)ccc12. The van der Waals surface area contributed by atoms with E-state index in [1.54, 1.807) is 12.1 Å². The van der Waals surface area contributed by atoms with Crippen LogP contribution in [0.15, 0.2) is 33.5 Å². The fourth-order valence-electron chi connectivity index (χ4n) is 2.12. The number of aryl methyl sites for hydroxylation is 1. The van der Waals surface area contributed by atoms with Gasteiger partial charge in [-0.3, -0.25) is 0 Å². The van der Waals surface area contributed by atoms with Gasteiger partial charge in [0.2, 0.25) is 0 Å². The summed E-state index contributed by atoms with van der Waals surface area (Å²) in [6.07, 6.45) is 2.99. The maximum Gasteiger partial charge on any atom is 0.336 e. The number of nitriles is 1. The molecule has 0 unspecified atom stereocenters. The molecule has 0 fully saturated rings. The van der Waals surface area contributed by atoms with Gasteiger partial charge in [-0.25, -0.2) is 4.79 Å². The highest BCUT2D eigenvalue weighted by Crippen LogP contribution is 2.23. The third kappa shape index (κ3) is 3.39. The predicted octanol–water partition coefficient (Wildman–Crippen LogP) is 3.43. The molecule has 0 aliphatic rings. The lowest BCUT2D eigenvalue weighted by Crippen LogP contribution is -2.01. The zero-order valence-corrected chi connectivity index (χ0v) is 11.5. The summed E-state index contributed by atoms with van der Waals surface area (Å²) in [6.45, 7) is 2.56. The number of benzene rings is 1. The van der Waals surface area contributed by atoms with Crippen LogP contribution < -0.4 is 10.4 Å². The Bertz CT molecular complexity index is 682. The average Bonchev–Trinajstić information content (AvgIpc) is 2.43. The van der Waals surface area contributed by atoms with Crippen molar-refractivity contribution in [1.29, 1.82) is 5.26 Å². The summed E-state index contributed by atoms with van der Waals surface area (Å²) in [4.78, 5) is 11.5. The van der Waals surface area contributed by atoms with Crippen molar-refractivity contribution in [2.45, 2.75) is 32.6 Å². The number of hydrogen-bond donors (Lipinski definition) is 0. The first-order chi connectivity index (χ1) is 9.74. The molecule has 0 amide bonds. The van der Waals surface area contributed by atoms with Gasteiger partial charge in [0.05, 0.1) is 12.7 Å². The lowest BCUT2D eigenvalue weighted by molar-refractivity contribution is 0.312. The lowest BCUT2D eigenvalue weighted by atomic mass is 10.1. The Balaban J connectivity index is 2.25. The van der Waals surface area contributed by atoms with E-state index in [-0.39, 0.29) is 5.63 Å². The predicted molar refractivity (Wildman–Crippen MR) is 76.8 cm³/mol. The van der Waals surface area contributed by atoms with Crippen LogP contribution in [-0.2, 0) is 6.42 Å². The standard InChI is InChI=1S/C16H17NO3/c1-2-5-12-10-16(18)20-15-11-13(6-7-14(12)15)19-9-4-3-8-17/h6-7,10-11H,2-5,9H2,1H3. The van der Waals surface area contributed by atoms with Gasteiger partial charge in [0, 0.05) is 23.9 Å². The van der Waals surface area contributed by atoms with Gasteiger partial charge < -0.3 is 9.15 Å². The van der Waals surface area contributed by atoms with Gasteiger partial charge in [-0.15, -0.1) is 0 Å². The van der Waals surface area contributed by atoms with Crippen LogP contribution in [0.5, 0.6) is 5.75 Å². The number of fused-ring (bicyclic) bond motifs is 1. The molecule has 104 valence electrons. The van der Waals surface area contributed by atoms with E-state index in [1.807, 2.05) is 12.1 Å². The molecule has 0 N–H and O–H groups in total. The minimum Gasteiger partial charge on any atom is -0.493 e. The van der Waals surface area contributed by atoms with Crippen molar-refractivity contribution in [3.8, 4) is 11.8 Å². The first-order valence-electron chi connectivity index (χ1n) is 6.81. The Morgan fingerprint density at radius 3 is 2.95 bits per heavy atom. The Morgan fingerprint density at radius 2 is 2.20 bits per heavy atom. The molecule has 1 aromatic heterocycles. The monoisotopic (exact) mass is 271 g/mol. The first-order valence-corrected chi connectivity index (χ1v) is 6.81. The van der Waals surface area contributed by atoms with Crippen LogP contribution in [0.2, 0.25) is 0 Å². The summed E-state index contributed by atoms with van der Waals surface area (Å²) < 4.78 is 10.8. The lowest BCUT2D eigenvalue weighted by Gasteiger charge is -2.07.